The summed E-state index contributed by atoms with van der Waals surface area (Å²) in [6, 6.07) is 15.3. The monoisotopic (exact) mass is 349 g/mol. The molecule has 0 saturated heterocycles. The summed E-state index contributed by atoms with van der Waals surface area (Å²) in [5, 5.41) is 3.46. The Morgan fingerprint density at radius 2 is 1.77 bits per heavy atom. The van der Waals surface area contributed by atoms with Crippen LogP contribution in [0.1, 0.15) is 36.5 Å². The molecule has 4 rings (SSSR count). The number of imidazole rings is 1. The molecule has 1 aliphatic rings. The maximum absolute atomic E-state index is 13.4. The Hall–Kier alpha value is -2.46. The standard InChI is InChI=1S/C22H24FN3/c1-15-4-6-16(7-5-15)12-19-21(17-8-10-18(23)11-9-17)25-20-13-24-14-22(2,3)26(19)20/h4-11,24H,12-14H2,1-3H3. The Labute approximate surface area is 153 Å². The topological polar surface area (TPSA) is 29.9 Å². The third-order valence-corrected chi connectivity index (χ3v) is 5.10. The second-order valence-corrected chi connectivity index (χ2v) is 7.74. The summed E-state index contributed by atoms with van der Waals surface area (Å²) in [4.78, 5) is 4.94. The van der Waals surface area contributed by atoms with Gasteiger partial charge in [0.15, 0.2) is 0 Å². The minimum atomic E-state index is -0.222. The van der Waals surface area contributed by atoms with Gasteiger partial charge in [-0.05, 0) is 50.6 Å². The van der Waals surface area contributed by atoms with Gasteiger partial charge in [-0.2, -0.15) is 0 Å². The summed E-state index contributed by atoms with van der Waals surface area (Å²) >= 11 is 0. The third kappa shape index (κ3) is 3.06. The minimum absolute atomic E-state index is 0.0567. The predicted octanol–water partition coefficient (Wildman–Crippen LogP) is 4.43. The molecule has 0 unspecified atom stereocenters. The van der Waals surface area contributed by atoms with Gasteiger partial charge in [0.2, 0.25) is 0 Å². The Morgan fingerprint density at radius 1 is 1.08 bits per heavy atom. The molecule has 0 saturated carbocycles. The smallest absolute Gasteiger partial charge is 0.124 e. The van der Waals surface area contributed by atoms with E-state index in [1.807, 2.05) is 12.1 Å². The maximum Gasteiger partial charge on any atom is 0.124 e. The van der Waals surface area contributed by atoms with E-state index in [0.29, 0.717) is 0 Å². The summed E-state index contributed by atoms with van der Waals surface area (Å²) in [7, 11) is 0. The van der Waals surface area contributed by atoms with Crippen LogP contribution in [0.2, 0.25) is 0 Å². The van der Waals surface area contributed by atoms with Gasteiger partial charge in [-0.1, -0.05) is 29.8 Å². The number of aryl methyl sites for hydroxylation is 1. The van der Waals surface area contributed by atoms with E-state index < -0.39 is 0 Å². The molecule has 0 spiro atoms. The second-order valence-electron chi connectivity index (χ2n) is 7.74. The van der Waals surface area contributed by atoms with Crippen LogP contribution in [0.5, 0.6) is 0 Å². The van der Waals surface area contributed by atoms with Crippen LogP contribution >= 0.6 is 0 Å². The normalized spacial score (nSPS) is 15.7. The lowest BCUT2D eigenvalue weighted by molar-refractivity contribution is 0.280. The van der Waals surface area contributed by atoms with Gasteiger partial charge in [-0.25, -0.2) is 9.37 Å². The van der Waals surface area contributed by atoms with Crippen LogP contribution in [-0.2, 0) is 18.5 Å². The molecule has 26 heavy (non-hydrogen) atoms. The van der Waals surface area contributed by atoms with E-state index in [1.165, 1.54) is 29.0 Å². The molecule has 0 bridgehead atoms. The number of rotatable bonds is 3. The molecule has 3 nitrogen and oxygen atoms in total. The summed E-state index contributed by atoms with van der Waals surface area (Å²) < 4.78 is 15.8. The first-order valence-corrected chi connectivity index (χ1v) is 9.07. The molecule has 0 radical (unpaired) electrons. The molecular weight excluding hydrogens is 325 g/mol. The third-order valence-electron chi connectivity index (χ3n) is 5.10. The number of benzene rings is 2. The van der Waals surface area contributed by atoms with Crippen molar-refractivity contribution in [3.05, 3.63) is 77.0 Å². The first-order chi connectivity index (χ1) is 12.4. The summed E-state index contributed by atoms with van der Waals surface area (Å²) in [6.07, 6.45) is 0.809. The Morgan fingerprint density at radius 3 is 2.46 bits per heavy atom. The largest absolute Gasteiger partial charge is 0.323 e. The molecule has 2 aromatic carbocycles. The SMILES string of the molecule is Cc1ccc(Cc2c(-c3ccc(F)cc3)nc3n2C(C)(C)CNC3)cc1. The van der Waals surface area contributed by atoms with Crippen LogP contribution in [0.3, 0.4) is 0 Å². The van der Waals surface area contributed by atoms with Gasteiger partial charge in [0, 0.05) is 18.5 Å². The zero-order valence-corrected chi connectivity index (χ0v) is 15.5. The van der Waals surface area contributed by atoms with Gasteiger partial charge < -0.3 is 9.88 Å². The van der Waals surface area contributed by atoms with Crippen molar-refractivity contribution >= 4 is 0 Å². The molecule has 0 amide bonds. The predicted molar refractivity (Wildman–Crippen MR) is 103 cm³/mol. The van der Waals surface area contributed by atoms with E-state index >= 15 is 0 Å². The van der Waals surface area contributed by atoms with Crippen molar-refractivity contribution in [3.63, 3.8) is 0 Å². The van der Waals surface area contributed by atoms with Crippen LogP contribution in [0.15, 0.2) is 48.5 Å². The quantitative estimate of drug-likeness (QED) is 0.758. The van der Waals surface area contributed by atoms with Crippen molar-refractivity contribution in [1.82, 2.24) is 14.9 Å². The first-order valence-electron chi connectivity index (χ1n) is 9.07. The van der Waals surface area contributed by atoms with Crippen LogP contribution in [0, 0.1) is 12.7 Å². The maximum atomic E-state index is 13.4. The van der Waals surface area contributed by atoms with Crippen molar-refractivity contribution in [2.24, 2.45) is 0 Å². The van der Waals surface area contributed by atoms with Gasteiger partial charge in [-0.3, -0.25) is 0 Å². The number of nitrogens with one attached hydrogen (secondary N) is 1. The molecule has 1 aromatic heterocycles. The highest BCUT2D eigenvalue weighted by molar-refractivity contribution is 5.63. The van der Waals surface area contributed by atoms with E-state index in [-0.39, 0.29) is 11.4 Å². The number of nitrogens with zero attached hydrogens (tertiary/aromatic N) is 2. The van der Waals surface area contributed by atoms with E-state index in [4.69, 9.17) is 4.98 Å². The van der Waals surface area contributed by atoms with Crippen LogP contribution < -0.4 is 5.32 Å². The Balaban J connectivity index is 1.87. The molecule has 134 valence electrons. The number of hydrogen-bond donors (Lipinski definition) is 1. The number of aromatic nitrogens is 2. The lowest BCUT2D eigenvalue weighted by Crippen LogP contribution is -2.45. The van der Waals surface area contributed by atoms with E-state index in [9.17, 15) is 4.39 Å². The van der Waals surface area contributed by atoms with Crippen molar-refractivity contribution in [1.29, 1.82) is 0 Å². The van der Waals surface area contributed by atoms with Crippen molar-refractivity contribution in [3.8, 4) is 11.3 Å². The molecule has 0 fully saturated rings. The van der Waals surface area contributed by atoms with E-state index in [0.717, 1.165) is 36.6 Å². The fourth-order valence-electron chi connectivity index (χ4n) is 3.80. The van der Waals surface area contributed by atoms with E-state index in [1.54, 1.807) is 0 Å². The zero-order chi connectivity index (χ0) is 18.3. The first kappa shape index (κ1) is 17.0. The molecule has 4 heteroatoms. The van der Waals surface area contributed by atoms with Crippen LogP contribution in [0.25, 0.3) is 11.3 Å². The molecule has 2 heterocycles. The number of hydrogen-bond acceptors (Lipinski definition) is 2. The summed E-state index contributed by atoms with van der Waals surface area (Å²) in [5.74, 6) is 0.822. The highest BCUT2D eigenvalue weighted by atomic mass is 19.1. The minimum Gasteiger partial charge on any atom is -0.323 e. The molecular formula is C22H24FN3. The molecule has 1 aliphatic heterocycles. The fraction of sp³-hybridized carbons (Fsp3) is 0.318. The second kappa shape index (κ2) is 6.36. The van der Waals surface area contributed by atoms with Crippen LogP contribution in [-0.4, -0.2) is 16.1 Å². The average Bonchev–Trinajstić information content (AvgIpc) is 2.97. The van der Waals surface area contributed by atoms with Crippen molar-refractivity contribution < 1.29 is 4.39 Å². The molecule has 1 N–H and O–H groups in total. The van der Waals surface area contributed by atoms with Crippen molar-refractivity contribution in [2.45, 2.75) is 39.3 Å². The lowest BCUT2D eigenvalue weighted by atomic mass is 9.98. The highest BCUT2D eigenvalue weighted by Gasteiger charge is 2.32. The van der Waals surface area contributed by atoms with Crippen molar-refractivity contribution in [2.75, 3.05) is 6.54 Å². The molecule has 0 aliphatic carbocycles. The number of fused-ring (bicyclic) bond motifs is 1. The summed E-state index contributed by atoms with van der Waals surface area (Å²) in [6.45, 7) is 8.23. The number of halogens is 1. The van der Waals surface area contributed by atoms with Gasteiger partial charge in [0.1, 0.15) is 11.6 Å². The van der Waals surface area contributed by atoms with Gasteiger partial charge in [0.05, 0.1) is 23.5 Å². The zero-order valence-electron chi connectivity index (χ0n) is 15.5. The Kier molecular flexibility index (Phi) is 4.16. The summed E-state index contributed by atoms with van der Waals surface area (Å²) in [5.41, 5.74) is 5.58. The van der Waals surface area contributed by atoms with Gasteiger partial charge >= 0.3 is 0 Å². The van der Waals surface area contributed by atoms with Gasteiger partial charge in [-0.15, -0.1) is 0 Å². The average molecular weight is 349 g/mol. The fourth-order valence-corrected chi connectivity index (χ4v) is 3.80. The molecule has 3 aromatic rings. The van der Waals surface area contributed by atoms with Gasteiger partial charge in [0.25, 0.3) is 0 Å². The van der Waals surface area contributed by atoms with Crippen LogP contribution in [0.4, 0.5) is 4.39 Å². The van der Waals surface area contributed by atoms with E-state index in [2.05, 4.69) is 54.9 Å². The highest BCUT2D eigenvalue weighted by Crippen LogP contribution is 2.33. The lowest BCUT2D eigenvalue weighted by Gasteiger charge is -2.35. The Bertz CT molecular complexity index is 921. The molecule has 0 atom stereocenters.